The lowest BCUT2D eigenvalue weighted by Gasteiger charge is -2.47. The smallest absolute Gasteiger partial charge is 0.241 e. The number of carbonyl (C=O) groups is 1. The van der Waals surface area contributed by atoms with Gasteiger partial charge in [-0.05, 0) is 25.6 Å². The van der Waals surface area contributed by atoms with Crippen molar-refractivity contribution in [3.05, 3.63) is 30.3 Å². The van der Waals surface area contributed by atoms with Gasteiger partial charge in [0.25, 0.3) is 0 Å². The van der Waals surface area contributed by atoms with E-state index in [1.54, 1.807) is 0 Å². The van der Waals surface area contributed by atoms with E-state index in [9.17, 15) is 4.79 Å². The maximum absolute atomic E-state index is 12.4. The van der Waals surface area contributed by atoms with Gasteiger partial charge in [0.15, 0.2) is 0 Å². The molecule has 2 heterocycles. The molecular weight excluding hydrogens is 266 g/mol. The number of anilines is 1. The number of aliphatic hydroxyl groups excluding tert-OH is 1. The van der Waals surface area contributed by atoms with Crippen LogP contribution < -0.4 is 4.90 Å². The van der Waals surface area contributed by atoms with Gasteiger partial charge >= 0.3 is 0 Å². The summed E-state index contributed by atoms with van der Waals surface area (Å²) in [5.74, 6) is 0.162. The zero-order chi connectivity index (χ0) is 14.9. The third-order valence-corrected chi connectivity index (χ3v) is 4.83. The lowest BCUT2D eigenvalue weighted by molar-refractivity contribution is -0.123. The maximum Gasteiger partial charge on any atom is 0.241 e. The highest BCUT2D eigenvalue weighted by Gasteiger charge is 2.47. The second-order valence-electron chi connectivity index (χ2n) is 6.15. The minimum Gasteiger partial charge on any atom is -0.395 e. The highest BCUT2D eigenvalue weighted by atomic mass is 16.3. The summed E-state index contributed by atoms with van der Waals surface area (Å²) >= 11 is 0. The van der Waals surface area contributed by atoms with Crippen LogP contribution in [0.5, 0.6) is 0 Å². The number of amides is 1. The molecule has 5 nitrogen and oxygen atoms in total. The SMILES string of the molecule is CN1CC(=O)N(c2ccccc2)C[C@]12CCN(CCO)C2. The number of hydrogen-bond donors (Lipinski definition) is 1. The second-order valence-corrected chi connectivity index (χ2v) is 6.15. The number of β-amino-alcohol motifs (C(OH)–C–C–N with tert-alkyl or cyclic N) is 1. The van der Waals surface area contributed by atoms with Crippen LogP contribution in [0.3, 0.4) is 0 Å². The van der Waals surface area contributed by atoms with Gasteiger partial charge in [0, 0.05) is 31.9 Å². The third-order valence-electron chi connectivity index (χ3n) is 4.83. The van der Waals surface area contributed by atoms with Crippen LogP contribution in [-0.4, -0.2) is 72.7 Å². The Kier molecular flexibility index (Phi) is 3.97. The molecule has 1 spiro atoms. The molecule has 1 amide bonds. The molecule has 0 unspecified atom stereocenters. The molecule has 3 rings (SSSR count). The first-order chi connectivity index (χ1) is 10.1. The summed E-state index contributed by atoms with van der Waals surface area (Å²) in [7, 11) is 2.04. The Balaban J connectivity index is 1.81. The minimum absolute atomic E-state index is 0.0128. The zero-order valence-corrected chi connectivity index (χ0v) is 12.5. The number of likely N-dealkylation sites (N-methyl/N-ethyl adjacent to an activating group) is 1. The molecule has 1 aromatic carbocycles. The molecule has 5 heteroatoms. The van der Waals surface area contributed by atoms with Gasteiger partial charge < -0.3 is 10.0 Å². The van der Waals surface area contributed by atoms with Gasteiger partial charge in [-0.25, -0.2) is 0 Å². The van der Waals surface area contributed by atoms with Crippen LogP contribution in [-0.2, 0) is 4.79 Å². The summed E-state index contributed by atoms with van der Waals surface area (Å²) in [5.41, 5.74) is 0.995. The zero-order valence-electron chi connectivity index (χ0n) is 12.5. The predicted molar refractivity (Wildman–Crippen MR) is 82.3 cm³/mol. The lowest BCUT2D eigenvalue weighted by atomic mass is 9.92. The summed E-state index contributed by atoms with van der Waals surface area (Å²) in [6, 6.07) is 9.91. The van der Waals surface area contributed by atoms with Crippen molar-refractivity contribution in [2.75, 3.05) is 51.3 Å². The van der Waals surface area contributed by atoms with Gasteiger partial charge in [-0.2, -0.15) is 0 Å². The average Bonchev–Trinajstić information content (AvgIpc) is 2.89. The van der Waals surface area contributed by atoms with E-state index in [0.29, 0.717) is 6.54 Å². The van der Waals surface area contributed by atoms with Crippen LogP contribution >= 0.6 is 0 Å². The van der Waals surface area contributed by atoms with Gasteiger partial charge in [0.1, 0.15) is 0 Å². The number of rotatable bonds is 3. The summed E-state index contributed by atoms with van der Waals surface area (Å²) in [6.07, 6.45) is 1.04. The summed E-state index contributed by atoms with van der Waals surface area (Å²) < 4.78 is 0. The van der Waals surface area contributed by atoms with Crippen LogP contribution in [0.25, 0.3) is 0 Å². The van der Waals surface area contributed by atoms with E-state index >= 15 is 0 Å². The Bertz CT molecular complexity index is 508. The first kappa shape index (κ1) is 14.5. The van der Waals surface area contributed by atoms with Crippen LogP contribution in [0.2, 0.25) is 0 Å². The van der Waals surface area contributed by atoms with Crippen LogP contribution in [0.1, 0.15) is 6.42 Å². The fourth-order valence-corrected chi connectivity index (χ4v) is 3.52. The van der Waals surface area contributed by atoms with Crippen molar-refractivity contribution >= 4 is 11.6 Å². The largest absolute Gasteiger partial charge is 0.395 e. The van der Waals surface area contributed by atoms with Crippen molar-refractivity contribution in [2.45, 2.75) is 12.0 Å². The molecule has 0 aromatic heterocycles. The van der Waals surface area contributed by atoms with E-state index in [1.165, 1.54) is 0 Å². The molecule has 0 radical (unpaired) electrons. The molecule has 1 atom stereocenters. The van der Waals surface area contributed by atoms with E-state index in [2.05, 4.69) is 9.80 Å². The molecule has 1 aromatic rings. The second kappa shape index (κ2) is 5.75. The van der Waals surface area contributed by atoms with Gasteiger partial charge in [0.05, 0.1) is 18.7 Å². The van der Waals surface area contributed by atoms with E-state index in [-0.39, 0.29) is 18.1 Å². The van der Waals surface area contributed by atoms with Crippen molar-refractivity contribution in [3.63, 3.8) is 0 Å². The Morgan fingerprint density at radius 3 is 2.71 bits per heavy atom. The van der Waals surface area contributed by atoms with Crippen LogP contribution in [0.4, 0.5) is 5.69 Å². The average molecular weight is 289 g/mol. The molecule has 21 heavy (non-hydrogen) atoms. The highest BCUT2D eigenvalue weighted by Crippen LogP contribution is 2.33. The van der Waals surface area contributed by atoms with Crippen molar-refractivity contribution < 1.29 is 9.90 Å². The normalized spacial score (nSPS) is 27.7. The first-order valence-corrected chi connectivity index (χ1v) is 7.54. The number of nitrogens with zero attached hydrogens (tertiary/aromatic N) is 3. The van der Waals surface area contributed by atoms with Gasteiger partial charge in [-0.15, -0.1) is 0 Å². The maximum atomic E-state index is 12.4. The molecule has 1 N–H and O–H groups in total. The molecule has 114 valence electrons. The topological polar surface area (TPSA) is 47.0 Å². The van der Waals surface area contributed by atoms with E-state index in [1.807, 2.05) is 42.3 Å². The molecule has 0 bridgehead atoms. The molecule has 2 aliphatic rings. The minimum atomic E-state index is 0.0128. The van der Waals surface area contributed by atoms with Crippen LogP contribution in [0, 0.1) is 0 Å². The van der Waals surface area contributed by atoms with E-state index in [0.717, 1.165) is 38.3 Å². The predicted octanol–water partition coefficient (Wildman–Crippen LogP) is 0.402. The van der Waals surface area contributed by atoms with E-state index < -0.39 is 0 Å². The highest BCUT2D eigenvalue weighted by molar-refractivity contribution is 5.96. The monoisotopic (exact) mass is 289 g/mol. The lowest BCUT2D eigenvalue weighted by Crippen LogP contribution is -2.64. The standard InChI is InChI=1S/C16H23N3O2/c1-17-11-15(21)19(14-5-3-2-4-6-14)13-16(17)7-8-18(12-16)9-10-20/h2-6,20H,7-13H2,1H3/t16-/m1/s1. The number of benzene rings is 1. The summed E-state index contributed by atoms with van der Waals surface area (Å²) in [5, 5.41) is 9.13. The number of likely N-dealkylation sites (tertiary alicyclic amines) is 1. The van der Waals surface area contributed by atoms with E-state index in [4.69, 9.17) is 5.11 Å². The molecule has 2 fully saturated rings. The van der Waals surface area contributed by atoms with Crippen molar-refractivity contribution in [2.24, 2.45) is 0 Å². The number of carbonyl (C=O) groups excluding carboxylic acids is 1. The number of para-hydroxylation sites is 1. The van der Waals surface area contributed by atoms with Gasteiger partial charge in [-0.3, -0.25) is 14.6 Å². The first-order valence-electron chi connectivity index (χ1n) is 7.54. The Morgan fingerprint density at radius 1 is 1.24 bits per heavy atom. The third kappa shape index (κ3) is 2.69. The quantitative estimate of drug-likeness (QED) is 0.875. The van der Waals surface area contributed by atoms with Crippen molar-refractivity contribution in [1.82, 2.24) is 9.80 Å². The number of piperazine rings is 1. The molecule has 0 aliphatic carbocycles. The van der Waals surface area contributed by atoms with Gasteiger partial charge in [0.2, 0.25) is 5.91 Å². The van der Waals surface area contributed by atoms with Crippen molar-refractivity contribution in [1.29, 1.82) is 0 Å². The molecular formula is C16H23N3O2. The summed E-state index contributed by atoms with van der Waals surface area (Å²) in [4.78, 5) is 18.8. The molecule has 2 aliphatic heterocycles. The Hall–Kier alpha value is -1.43. The van der Waals surface area contributed by atoms with Gasteiger partial charge in [-0.1, -0.05) is 18.2 Å². The number of hydrogen-bond acceptors (Lipinski definition) is 4. The Morgan fingerprint density at radius 2 is 2.00 bits per heavy atom. The summed E-state index contributed by atoms with van der Waals surface area (Å²) in [6.45, 7) is 4.01. The fourth-order valence-electron chi connectivity index (χ4n) is 3.52. The Labute approximate surface area is 125 Å². The molecule has 2 saturated heterocycles. The number of aliphatic hydroxyl groups is 1. The van der Waals surface area contributed by atoms with Crippen molar-refractivity contribution in [3.8, 4) is 0 Å². The molecule has 0 saturated carbocycles. The van der Waals surface area contributed by atoms with Crippen LogP contribution in [0.15, 0.2) is 30.3 Å². The fraction of sp³-hybridized carbons (Fsp3) is 0.562.